The van der Waals surface area contributed by atoms with Gasteiger partial charge in [0.1, 0.15) is 5.54 Å². The molecule has 1 aliphatic heterocycles. The van der Waals surface area contributed by atoms with Crippen molar-refractivity contribution in [3.8, 4) is 0 Å². The van der Waals surface area contributed by atoms with Crippen LogP contribution in [-0.4, -0.2) is 51.4 Å². The van der Waals surface area contributed by atoms with Crippen molar-refractivity contribution in [3.05, 3.63) is 52.0 Å². The van der Waals surface area contributed by atoms with Crippen molar-refractivity contribution < 1.29 is 19.5 Å². The Morgan fingerprint density at radius 1 is 1.36 bits per heavy atom. The monoisotopic (exact) mass is 401 g/mol. The van der Waals surface area contributed by atoms with Gasteiger partial charge in [-0.1, -0.05) is 6.07 Å². The first-order valence-corrected chi connectivity index (χ1v) is 9.97. The molecule has 0 aromatic carbocycles. The number of carboxylic acids is 1. The molecule has 0 saturated carbocycles. The van der Waals surface area contributed by atoms with Gasteiger partial charge < -0.3 is 15.3 Å². The number of carbonyl (C=O) groups excluding carboxylic acids is 2. The number of amides is 2. The number of aromatic nitrogens is 1. The van der Waals surface area contributed by atoms with Gasteiger partial charge in [0.15, 0.2) is 0 Å². The number of rotatable bonds is 6. The van der Waals surface area contributed by atoms with Crippen molar-refractivity contribution in [2.24, 2.45) is 5.92 Å². The van der Waals surface area contributed by atoms with Crippen molar-refractivity contribution in [1.82, 2.24) is 15.2 Å². The lowest BCUT2D eigenvalue weighted by molar-refractivity contribution is -0.135. The summed E-state index contributed by atoms with van der Waals surface area (Å²) in [5, 5.41) is 13.7. The minimum atomic E-state index is -0.999. The molecule has 148 valence electrons. The number of aromatic carboxylic acids is 1. The van der Waals surface area contributed by atoms with E-state index in [2.05, 4.69) is 10.3 Å². The predicted molar refractivity (Wildman–Crippen MR) is 105 cm³/mol. The molecule has 1 unspecified atom stereocenters. The summed E-state index contributed by atoms with van der Waals surface area (Å²) in [5.74, 6) is -1.13. The smallest absolute Gasteiger partial charge is 0.337 e. The lowest BCUT2D eigenvalue weighted by Crippen LogP contribution is -2.55. The van der Waals surface area contributed by atoms with E-state index in [-0.39, 0.29) is 23.3 Å². The van der Waals surface area contributed by atoms with Gasteiger partial charge in [-0.3, -0.25) is 14.6 Å². The minimum Gasteiger partial charge on any atom is -0.478 e. The lowest BCUT2D eigenvalue weighted by atomic mass is 9.99. The van der Waals surface area contributed by atoms with E-state index in [4.69, 9.17) is 5.11 Å². The van der Waals surface area contributed by atoms with Crippen LogP contribution in [0, 0.1) is 5.92 Å². The molecule has 7 nitrogen and oxygen atoms in total. The second kappa shape index (κ2) is 8.10. The van der Waals surface area contributed by atoms with E-state index in [1.54, 1.807) is 43.1 Å². The van der Waals surface area contributed by atoms with Crippen LogP contribution in [0.15, 0.2) is 36.0 Å². The Bertz CT molecular complexity index is 879. The van der Waals surface area contributed by atoms with Crippen LogP contribution in [0.1, 0.15) is 45.9 Å². The van der Waals surface area contributed by atoms with E-state index in [9.17, 15) is 14.4 Å². The molecule has 0 spiro atoms. The molecule has 3 rings (SSSR count). The molecule has 0 radical (unpaired) electrons. The number of hydrogen-bond acceptors (Lipinski definition) is 5. The number of carboxylic acid groups (broad SMARTS) is 1. The molecular weight excluding hydrogens is 378 g/mol. The number of hydrogen-bond donors (Lipinski definition) is 2. The van der Waals surface area contributed by atoms with Crippen LogP contribution in [0.25, 0.3) is 0 Å². The zero-order valence-corrected chi connectivity index (χ0v) is 16.7. The number of thiophene rings is 1. The normalized spacial score (nSPS) is 16.8. The van der Waals surface area contributed by atoms with E-state index in [0.29, 0.717) is 24.4 Å². The van der Waals surface area contributed by atoms with E-state index in [1.165, 1.54) is 17.5 Å². The largest absolute Gasteiger partial charge is 0.478 e. The predicted octanol–water partition coefficient (Wildman–Crippen LogP) is 2.44. The number of pyridine rings is 1. The fraction of sp³-hybridized carbons (Fsp3) is 0.400. The molecule has 2 aromatic heterocycles. The SMILES string of the molecule is CC(C)(NC(=O)c1cccs1)C(=O)N1CCC(Cc2cncc(C(=O)O)c2)C1. The van der Waals surface area contributed by atoms with Gasteiger partial charge in [-0.15, -0.1) is 11.3 Å². The fourth-order valence-electron chi connectivity index (χ4n) is 3.44. The minimum absolute atomic E-state index is 0.114. The summed E-state index contributed by atoms with van der Waals surface area (Å²) < 4.78 is 0. The third-order valence-electron chi connectivity index (χ3n) is 4.84. The van der Waals surface area contributed by atoms with Crippen molar-refractivity contribution in [3.63, 3.8) is 0 Å². The molecule has 2 amide bonds. The standard InChI is InChI=1S/C20H23N3O4S/c1-20(2,22-17(24)16-4-3-7-28-16)19(27)23-6-5-13(12-23)8-14-9-15(18(25)26)11-21-10-14/h3-4,7,9-11,13H,5-6,8,12H2,1-2H3,(H,22,24)(H,25,26). The van der Waals surface area contributed by atoms with Gasteiger partial charge in [0.2, 0.25) is 5.91 Å². The number of nitrogens with zero attached hydrogens (tertiary/aromatic N) is 2. The average molecular weight is 401 g/mol. The van der Waals surface area contributed by atoms with Crippen LogP contribution in [-0.2, 0) is 11.2 Å². The van der Waals surface area contributed by atoms with Crippen LogP contribution in [0.4, 0.5) is 0 Å². The van der Waals surface area contributed by atoms with Gasteiger partial charge >= 0.3 is 5.97 Å². The first-order valence-electron chi connectivity index (χ1n) is 9.09. The Hall–Kier alpha value is -2.74. The second-order valence-corrected chi connectivity index (χ2v) is 8.50. The number of carbonyl (C=O) groups is 3. The van der Waals surface area contributed by atoms with Crippen molar-refractivity contribution in [2.75, 3.05) is 13.1 Å². The van der Waals surface area contributed by atoms with Crippen LogP contribution in [0.3, 0.4) is 0 Å². The zero-order valence-electron chi connectivity index (χ0n) is 15.8. The Kier molecular flexibility index (Phi) is 5.79. The molecule has 0 aliphatic carbocycles. The van der Waals surface area contributed by atoms with Crippen LogP contribution < -0.4 is 5.32 Å². The summed E-state index contributed by atoms with van der Waals surface area (Å²) >= 11 is 1.34. The molecule has 28 heavy (non-hydrogen) atoms. The third-order valence-corrected chi connectivity index (χ3v) is 5.71. The van der Waals surface area contributed by atoms with E-state index in [1.807, 2.05) is 5.38 Å². The van der Waals surface area contributed by atoms with Crippen molar-refractivity contribution in [1.29, 1.82) is 0 Å². The topological polar surface area (TPSA) is 99.6 Å². The molecule has 2 N–H and O–H groups in total. The van der Waals surface area contributed by atoms with E-state index >= 15 is 0 Å². The van der Waals surface area contributed by atoms with Gasteiger partial charge in [0.25, 0.3) is 5.91 Å². The summed E-state index contributed by atoms with van der Waals surface area (Å²) in [7, 11) is 0. The summed E-state index contributed by atoms with van der Waals surface area (Å²) in [6.07, 6.45) is 4.50. The molecule has 8 heteroatoms. The second-order valence-electron chi connectivity index (χ2n) is 7.55. The Morgan fingerprint density at radius 2 is 2.14 bits per heavy atom. The first kappa shape index (κ1) is 20.0. The summed E-state index contributed by atoms with van der Waals surface area (Å²) in [6.45, 7) is 4.63. The third kappa shape index (κ3) is 4.56. The molecule has 1 fully saturated rings. The van der Waals surface area contributed by atoms with Crippen LogP contribution in [0.2, 0.25) is 0 Å². The number of likely N-dealkylation sites (tertiary alicyclic amines) is 1. The molecule has 2 aromatic rings. The highest BCUT2D eigenvalue weighted by Gasteiger charge is 2.37. The van der Waals surface area contributed by atoms with Gasteiger partial charge in [0.05, 0.1) is 10.4 Å². The van der Waals surface area contributed by atoms with E-state index < -0.39 is 11.5 Å². The Balaban J connectivity index is 1.59. The summed E-state index contributed by atoms with van der Waals surface area (Å²) in [6, 6.07) is 5.16. The zero-order chi connectivity index (χ0) is 20.3. The van der Waals surface area contributed by atoms with Crippen molar-refractivity contribution >= 4 is 29.1 Å². The maximum absolute atomic E-state index is 12.9. The summed E-state index contributed by atoms with van der Waals surface area (Å²) in [5.41, 5.74) is 0.0195. The average Bonchev–Trinajstić information content (AvgIpc) is 3.33. The van der Waals surface area contributed by atoms with Crippen LogP contribution >= 0.6 is 11.3 Å². The van der Waals surface area contributed by atoms with Gasteiger partial charge in [-0.05, 0) is 55.7 Å². The molecular formula is C20H23N3O4S. The Labute approximate surface area is 167 Å². The first-order chi connectivity index (χ1) is 13.3. The maximum Gasteiger partial charge on any atom is 0.337 e. The summed E-state index contributed by atoms with van der Waals surface area (Å²) in [4.78, 5) is 42.7. The molecule has 0 bridgehead atoms. The quantitative estimate of drug-likeness (QED) is 0.774. The van der Waals surface area contributed by atoms with Gasteiger partial charge in [-0.25, -0.2) is 4.79 Å². The molecule has 1 aliphatic rings. The van der Waals surface area contributed by atoms with E-state index in [0.717, 1.165) is 12.0 Å². The Morgan fingerprint density at radius 3 is 2.82 bits per heavy atom. The highest BCUT2D eigenvalue weighted by Crippen LogP contribution is 2.24. The molecule has 1 atom stereocenters. The van der Waals surface area contributed by atoms with Crippen molar-refractivity contribution in [2.45, 2.75) is 32.2 Å². The fourth-order valence-corrected chi connectivity index (χ4v) is 4.05. The maximum atomic E-state index is 12.9. The molecule has 1 saturated heterocycles. The van der Waals surface area contributed by atoms with Gasteiger partial charge in [-0.2, -0.15) is 0 Å². The number of nitrogens with one attached hydrogen (secondary N) is 1. The lowest BCUT2D eigenvalue weighted by Gasteiger charge is -2.30. The van der Waals surface area contributed by atoms with Gasteiger partial charge in [0, 0.05) is 25.5 Å². The van der Waals surface area contributed by atoms with Crippen LogP contribution in [0.5, 0.6) is 0 Å². The molecule has 3 heterocycles. The highest BCUT2D eigenvalue weighted by molar-refractivity contribution is 7.12. The highest BCUT2D eigenvalue weighted by atomic mass is 32.1.